The average Bonchev–Trinajstić information content (AvgIpc) is 3.09. The maximum Gasteiger partial charge on any atom is 0.136 e. The molecule has 4 nitrogen and oxygen atoms in total. The first kappa shape index (κ1) is 11.2. The van der Waals surface area contributed by atoms with Crippen LogP contribution in [0.15, 0.2) is 40.7 Å². The van der Waals surface area contributed by atoms with Crippen LogP contribution in [0.2, 0.25) is 0 Å². The van der Waals surface area contributed by atoms with Gasteiger partial charge in [0.05, 0.1) is 17.8 Å². The first-order valence-electron chi connectivity index (χ1n) is 6.58. The fraction of sp³-hybridized carbons (Fsp3) is 0.500. The van der Waals surface area contributed by atoms with Gasteiger partial charge in [0.1, 0.15) is 10.9 Å². The molecule has 0 spiro atoms. The van der Waals surface area contributed by atoms with Crippen LogP contribution in [0.1, 0.15) is 12.8 Å². The number of benzene rings is 1. The summed E-state index contributed by atoms with van der Waals surface area (Å²) in [5.41, 5.74) is 1.07. The first-order chi connectivity index (χ1) is 9.23. The summed E-state index contributed by atoms with van der Waals surface area (Å²) >= 11 is 6.43. The zero-order valence-electron chi connectivity index (χ0n) is 10.3. The third-order valence-corrected chi connectivity index (χ3v) is 5.24. The number of nitriles is 1. The lowest BCUT2D eigenvalue weighted by molar-refractivity contribution is 0.349. The molecular weight excluding hydrogens is 260 g/mol. The van der Waals surface area contributed by atoms with Crippen molar-refractivity contribution < 1.29 is 0 Å². The van der Waals surface area contributed by atoms with E-state index in [-0.39, 0.29) is 18.0 Å². The van der Waals surface area contributed by atoms with Gasteiger partial charge in [0.25, 0.3) is 0 Å². The molecule has 5 atom stereocenters. The lowest BCUT2D eigenvalue weighted by Crippen LogP contribution is -2.46. The number of hydrogen-bond acceptors (Lipinski definition) is 4. The van der Waals surface area contributed by atoms with Gasteiger partial charge in [-0.25, -0.2) is 5.01 Å². The predicted octanol–water partition coefficient (Wildman–Crippen LogP) is 3.15. The molecule has 1 aromatic rings. The van der Waals surface area contributed by atoms with E-state index in [9.17, 15) is 5.26 Å². The highest BCUT2D eigenvalue weighted by Crippen LogP contribution is 2.58. The Morgan fingerprint density at radius 2 is 2.16 bits per heavy atom. The standard InChI is InChI=1S/C14H13ClN4/c15-14(8-16)7-9-6-11(14)12-13(9)19(18-17-12)10-4-2-1-3-5-10/h1-5,9,11-13H,6-7H2/t9-,11+,12+,13-,14-/m1/s1. The van der Waals surface area contributed by atoms with E-state index in [4.69, 9.17) is 11.6 Å². The van der Waals surface area contributed by atoms with E-state index in [2.05, 4.69) is 16.4 Å². The Labute approximate surface area is 116 Å². The fourth-order valence-corrected chi connectivity index (χ4v) is 4.33. The van der Waals surface area contributed by atoms with Gasteiger partial charge in [-0.1, -0.05) is 23.4 Å². The lowest BCUT2D eigenvalue weighted by Gasteiger charge is -2.34. The smallest absolute Gasteiger partial charge is 0.136 e. The Hall–Kier alpha value is -1.60. The van der Waals surface area contributed by atoms with E-state index in [1.807, 2.05) is 35.3 Å². The molecule has 0 saturated heterocycles. The molecule has 2 saturated carbocycles. The van der Waals surface area contributed by atoms with Gasteiger partial charge in [-0.2, -0.15) is 10.4 Å². The highest BCUT2D eigenvalue weighted by atomic mass is 35.5. The van der Waals surface area contributed by atoms with Crippen LogP contribution < -0.4 is 5.01 Å². The van der Waals surface area contributed by atoms with E-state index in [1.165, 1.54) is 0 Å². The average molecular weight is 273 g/mol. The maximum atomic E-state index is 9.28. The second kappa shape index (κ2) is 3.71. The summed E-state index contributed by atoms with van der Waals surface area (Å²) in [6.45, 7) is 0. The Kier molecular flexibility index (Phi) is 2.19. The molecule has 0 unspecified atom stereocenters. The molecule has 2 fully saturated rings. The van der Waals surface area contributed by atoms with E-state index >= 15 is 0 Å². The van der Waals surface area contributed by atoms with E-state index < -0.39 is 4.87 Å². The molecule has 2 bridgehead atoms. The maximum absolute atomic E-state index is 9.28. The normalized spacial score (nSPS) is 42.4. The van der Waals surface area contributed by atoms with Crippen molar-refractivity contribution in [2.24, 2.45) is 22.2 Å². The molecule has 1 heterocycles. The summed E-state index contributed by atoms with van der Waals surface area (Å²) in [5, 5.41) is 20.0. The van der Waals surface area contributed by atoms with Crippen LogP contribution >= 0.6 is 11.6 Å². The summed E-state index contributed by atoms with van der Waals surface area (Å²) in [6, 6.07) is 12.8. The van der Waals surface area contributed by atoms with Gasteiger partial charge in [-0.05, 0) is 30.9 Å². The van der Waals surface area contributed by atoms with Crippen molar-refractivity contribution in [2.45, 2.75) is 29.8 Å². The number of anilines is 1. The summed E-state index contributed by atoms with van der Waals surface area (Å²) in [4.78, 5) is -0.725. The van der Waals surface area contributed by atoms with Gasteiger partial charge in [0.2, 0.25) is 0 Å². The summed E-state index contributed by atoms with van der Waals surface area (Å²) in [5.74, 6) is 0.564. The van der Waals surface area contributed by atoms with Crippen LogP contribution in [0.3, 0.4) is 0 Å². The molecule has 0 radical (unpaired) electrons. The van der Waals surface area contributed by atoms with E-state index in [0.717, 1.165) is 18.5 Å². The minimum Gasteiger partial charge on any atom is -0.242 e. The number of nitrogens with zero attached hydrogens (tertiary/aromatic N) is 4. The topological polar surface area (TPSA) is 51.8 Å². The van der Waals surface area contributed by atoms with Gasteiger partial charge in [0, 0.05) is 5.92 Å². The van der Waals surface area contributed by atoms with Crippen molar-refractivity contribution in [3.05, 3.63) is 30.3 Å². The zero-order chi connectivity index (χ0) is 13.0. The number of fused-ring (bicyclic) bond motifs is 5. The number of hydrogen-bond donors (Lipinski definition) is 0. The van der Waals surface area contributed by atoms with E-state index in [0.29, 0.717) is 5.92 Å². The van der Waals surface area contributed by atoms with Crippen molar-refractivity contribution in [2.75, 3.05) is 5.01 Å². The molecule has 19 heavy (non-hydrogen) atoms. The van der Waals surface area contributed by atoms with Gasteiger partial charge in [-0.3, -0.25) is 0 Å². The van der Waals surface area contributed by atoms with Crippen LogP contribution in [0.4, 0.5) is 5.69 Å². The van der Waals surface area contributed by atoms with Gasteiger partial charge < -0.3 is 0 Å². The number of alkyl halides is 1. The van der Waals surface area contributed by atoms with Crippen molar-refractivity contribution in [3.63, 3.8) is 0 Å². The van der Waals surface area contributed by atoms with Crippen LogP contribution in [0.25, 0.3) is 0 Å². The van der Waals surface area contributed by atoms with Crippen LogP contribution in [0.5, 0.6) is 0 Å². The SMILES string of the molecule is N#C[C@]1(Cl)C[C@H]2C[C@H]1[C@@H]1N=NN(c3ccccc3)[C@H]21. The summed E-state index contributed by atoms with van der Waals surface area (Å²) < 4.78 is 0. The molecular formula is C14H13ClN4. The molecule has 1 aliphatic heterocycles. The van der Waals surface area contributed by atoms with Crippen molar-refractivity contribution in [1.82, 2.24) is 0 Å². The van der Waals surface area contributed by atoms with Crippen LogP contribution in [-0.2, 0) is 0 Å². The third kappa shape index (κ3) is 1.39. The highest BCUT2D eigenvalue weighted by molar-refractivity contribution is 6.26. The number of rotatable bonds is 1. The quantitative estimate of drug-likeness (QED) is 0.738. The van der Waals surface area contributed by atoms with Gasteiger partial charge in [0.15, 0.2) is 0 Å². The van der Waals surface area contributed by atoms with Crippen molar-refractivity contribution >= 4 is 17.3 Å². The van der Waals surface area contributed by atoms with Crippen molar-refractivity contribution in [1.29, 1.82) is 5.26 Å². The summed E-state index contributed by atoms with van der Waals surface area (Å²) in [6.07, 6.45) is 1.75. The minimum atomic E-state index is -0.725. The van der Waals surface area contributed by atoms with Gasteiger partial charge in [-0.15, -0.1) is 11.6 Å². The predicted molar refractivity (Wildman–Crippen MR) is 71.8 cm³/mol. The molecule has 0 amide bonds. The number of halogens is 1. The van der Waals surface area contributed by atoms with Crippen molar-refractivity contribution in [3.8, 4) is 6.07 Å². The molecule has 0 aromatic heterocycles. The second-order valence-corrected chi connectivity index (χ2v) is 6.32. The monoisotopic (exact) mass is 272 g/mol. The molecule has 5 heteroatoms. The minimum absolute atomic E-state index is 0.0797. The van der Waals surface area contributed by atoms with Crippen LogP contribution in [-0.4, -0.2) is 17.0 Å². The molecule has 96 valence electrons. The Morgan fingerprint density at radius 3 is 2.89 bits per heavy atom. The number of para-hydroxylation sites is 1. The molecule has 4 rings (SSSR count). The molecule has 2 aliphatic carbocycles. The molecule has 1 aromatic carbocycles. The van der Waals surface area contributed by atoms with E-state index in [1.54, 1.807) is 0 Å². The Bertz CT molecular complexity index is 581. The lowest BCUT2D eigenvalue weighted by atomic mass is 9.82. The fourth-order valence-electron chi connectivity index (χ4n) is 3.92. The zero-order valence-corrected chi connectivity index (χ0v) is 11.0. The summed E-state index contributed by atoms with van der Waals surface area (Å²) in [7, 11) is 0. The highest BCUT2D eigenvalue weighted by Gasteiger charge is 2.64. The third-order valence-electron chi connectivity index (χ3n) is 4.72. The Balaban J connectivity index is 1.68. The second-order valence-electron chi connectivity index (χ2n) is 5.65. The molecule has 3 aliphatic rings. The molecule has 0 N–H and O–H groups in total. The Morgan fingerprint density at radius 1 is 1.37 bits per heavy atom. The van der Waals surface area contributed by atoms with Crippen LogP contribution in [0, 0.1) is 23.2 Å². The van der Waals surface area contributed by atoms with Gasteiger partial charge >= 0.3 is 0 Å². The largest absolute Gasteiger partial charge is 0.242 e. The first-order valence-corrected chi connectivity index (χ1v) is 6.96.